The summed E-state index contributed by atoms with van der Waals surface area (Å²) < 4.78 is 5.57. The van der Waals surface area contributed by atoms with Gasteiger partial charge in [0.15, 0.2) is 0 Å². The highest BCUT2D eigenvalue weighted by Gasteiger charge is 2.52. The molecule has 114 valence electrons. The van der Waals surface area contributed by atoms with Crippen molar-refractivity contribution >= 4 is 11.8 Å². The molecule has 0 bridgehead atoms. The molecule has 2 amide bonds. The first-order chi connectivity index (χ1) is 9.62. The number of nitrogens with one attached hydrogen (secondary N) is 1. The number of carbonyl (C=O) groups excluding carboxylic acids is 2. The Kier molecular flexibility index (Phi) is 5.02. The summed E-state index contributed by atoms with van der Waals surface area (Å²) in [4.78, 5) is 26.6. The van der Waals surface area contributed by atoms with Gasteiger partial charge in [0.2, 0.25) is 11.8 Å². The van der Waals surface area contributed by atoms with Crippen LogP contribution in [0.4, 0.5) is 0 Å². The molecule has 20 heavy (non-hydrogen) atoms. The van der Waals surface area contributed by atoms with E-state index < -0.39 is 11.6 Å². The summed E-state index contributed by atoms with van der Waals surface area (Å²) >= 11 is 0. The maximum absolute atomic E-state index is 12.4. The molecule has 1 aliphatic carbocycles. The number of unbranched alkanes of at least 4 members (excludes halogenated alkanes) is 1. The summed E-state index contributed by atoms with van der Waals surface area (Å²) in [6, 6.07) is -0.413. The second-order valence-electron chi connectivity index (χ2n) is 5.89. The molecule has 1 saturated carbocycles. The van der Waals surface area contributed by atoms with E-state index in [1.807, 2.05) is 0 Å². The minimum absolute atomic E-state index is 0.0238. The molecule has 0 aromatic carbocycles. The van der Waals surface area contributed by atoms with Crippen molar-refractivity contribution in [3.8, 4) is 0 Å². The molecule has 2 fully saturated rings. The minimum atomic E-state index is -0.599. The second-order valence-corrected chi connectivity index (χ2v) is 5.89. The van der Waals surface area contributed by atoms with Crippen LogP contribution in [0.25, 0.3) is 0 Å². The van der Waals surface area contributed by atoms with E-state index >= 15 is 0 Å². The van der Waals surface area contributed by atoms with Crippen LogP contribution in [0.15, 0.2) is 0 Å². The van der Waals surface area contributed by atoms with E-state index in [0.717, 1.165) is 45.1 Å². The van der Waals surface area contributed by atoms with Crippen molar-refractivity contribution < 1.29 is 14.3 Å². The molecule has 1 unspecified atom stereocenters. The number of nitrogens with zero attached hydrogens (tertiary/aromatic N) is 1. The van der Waals surface area contributed by atoms with E-state index in [1.165, 1.54) is 0 Å². The number of piperazine rings is 1. The lowest BCUT2D eigenvalue weighted by atomic mass is 9.89. The molecule has 5 heteroatoms. The van der Waals surface area contributed by atoms with Crippen LogP contribution in [0.5, 0.6) is 0 Å². The molecule has 1 aliphatic heterocycles. The predicted molar refractivity (Wildman–Crippen MR) is 76.2 cm³/mol. The summed E-state index contributed by atoms with van der Waals surface area (Å²) in [5.74, 6) is 0.0567. The minimum Gasteiger partial charge on any atom is -0.380 e. The van der Waals surface area contributed by atoms with E-state index in [-0.39, 0.29) is 11.8 Å². The topological polar surface area (TPSA) is 58.6 Å². The highest BCUT2D eigenvalue weighted by atomic mass is 16.5. The molecule has 2 rings (SSSR count). The normalized spacial score (nSPS) is 25.3. The van der Waals surface area contributed by atoms with E-state index in [0.29, 0.717) is 13.2 Å². The van der Waals surface area contributed by atoms with Gasteiger partial charge in [0.25, 0.3) is 0 Å². The van der Waals surface area contributed by atoms with Crippen LogP contribution >= 0.6 is 0 Å². The number of hydrogen-bond acceptors (Lipinski definition) is 3. The van der Waals surface area contributed by atoms with Crippen molar-refractivity contribution in [2.75, 3.05) is 19.8 Å². The van der Waals surface area contributed by atoms with Crippen LogP contribution in [-0.2, 0) is 14.3 Å². The molecule has 1 N–H and O–H groups in total. The SMILES string of the molecule is CCCCOCCN1C(=O)C(C)NC(=O)C12CCCC2. The smallest absolute Gasteiger partial charge is 0.246 e. The van der Waals surface area contributed by atoms with Crippen molar-refractivity contribution in [3.63, 3.8) is 0 Å². The Morgan fingerprint density at radius 1 is 1.30 bits per heavy atom. The van der Waals surface area contributed by atoms with Crippen LogP contribution in [0.1, 0.15) is 52.4 Å². The summed E-state index contributed by atoms with van der Waals surface area (Å²) in [7, 11) is 0. The standard InChI is InChI=1S/C15H26N2O3/c1-3-4-10-20-11-9-17-13(18)12(2)16-14(19)15(17)7-5-6-8-15/h12H,3-11H2,1-2H3,(H,16,19). The number of ether oxygens (including phenoxy) is 1. The van der Waals surface area contributed by atoms with Gasteiger partial charge in [-0.3, -0.25) is 9.59 Å². The van der Waals surface area contributed by atoms with Crippen molar-refractivity contribution in [1.29, 1.82) is 0 Å². The van der Waals surface area contributed by atoms with Crippen molar-refractivity contribution in [2.45, 2.75) is 64.0 Å². The first-order valence-corrected chi connectivity index (χ1v) is 7.82. The summed E-state index contributed by atoms with van der Waals surface area (Å²) in [6.07, 6.45) is 5.74. The number of amides is 2. The van der Waals surface area contributed by atoms with Gasteiger partial charge in [0, 0.05) is 13.2 Å². The predicted octanol–water partition coefficient (Wildman–Crippen LogP) is 1.46. The molecular weight excluding hydrogens is 256 g/mol. The van der Waals surface area contributed by atoms with Crippen LogP contribution in [0, 0.1) is 0 Å². The van der Waals surface area contributed by atoms with Gasteiger partial charge in [-0.05, 0) is 26.2 Å². The van der Waals surface area contributed by atoms with E-state index in [2.05, 4.69) is 12.2 Å². The number of carbonyl (C=O) groups is 2. The Labute approximate surface area is 121 Å². The molecule has 1 saturated heterocycles. The fourth-order valence-corrected chi connectivity index (χ4v) is 3.25. The lowest BCUT2D eigenvalue weighted by molar-refractivity contribution is -0.157. The first-order valence-electron chi connectivity index (χ1n) is 7.82. The highest BCUT2D eigenvalue weighted by Crippen LogP contribution is 2.37. The quantitative estimate of drug-likeness (QED) is 0.750. The third-order valence-electron chi connectivity index (χ3n) is 4.46. The van der Waals surface area contributed by atoms with Crippen molar-refractivity contribution in [1.82, 2.24) is 10.2 Å². The summed E-state index contributed by atoms with van der Waals surface area (Å²) in [5.41, 5.74) is -0.599. The Hall–Kier alpha value is -1.10. The molecule has 1 atom stereocenters. The van der Waals surface area contributed by atoms with Crippen LogP contribution < -0.4 is 5.32 Å². The Morgan fingerprint density at radius 3 is 2.65 bits per heavy atom. The summed E-state index contributed by atoms with van der Waals surface area (Å²) in [6.45, 7) is 5.66. The zero-order chi connectivity index (χ0) is 14.6. The van der Waals surface area contributed by atoms with Crippen LogP contribution in [-0.4, -0.2) is 48.1 Å². The highest BCUT2D eigenvalue weighted by molar-refractivity contribution is 5.99. The zero-order valence-corrected chi connectivity index (χ0v) is 12.6. The number of rotatable bonds is 6. The lowest BCUT2D eigenvalue weighted by Gasteiger charge is -2.45. The fourth-order valence-electron chi connectivity index (χ4n) is 3.25. The van der Waals surface area contributed by atoms with Gasteiger partial charge in [-0.2, -0.15) is 0 Å². The molecule has 1 spiro atoms. The third kappa shape index (κ3) is 2.82. The van der Waals surface area contributed by atoms with Gasteiger partial charge < -0.3 is 15.0 Å². The van der Waals surface area contributed by atoms with E-state index in [1.54, 1.807) is 11.8 Å². The Bertz CT molecular complexity index is 364. The Morgan fingerprint density at radius 2 is 2.00 bits per heavy atom. The van der Waals surface area contributed by atoms with Gasteiger partial charge >= 0.3 is 0 Å². The van der Waals surface area contributed by atoms with Gasteiger partial charge in [-0.15, -0.1) is 0 Å². The Balaban J connectivity index is 2.00. The third-order valence-corrected chi connectivity index (χ3v) is 4.46. The van der Waals surface area contributed by atoms with Gasteiger partial charge in [0.1, 0.15) is 11.6 Å². The van der Waals surface area contributed by atoms with E-state index in [9.17, 15) is 9.59 Å². The summed E-state index contributed by atoms with van der Waals surface area (Å²) in [5, 5.41) is 2.83. The van der Waals surface area contributed by atoms with E-state index in [4.69, 9.17) is 4.74 Å². The van der Waals surface area contributed by atoms with Crippen molar-refractivity contribution in [3.05, 3.63) is 0 Å². The lowest BCUT2D eigenvalue weighted by Crippen LogP contribution is -2.69. The van der Waals surface area contributed by atoms with Gasteiger partial charge in [-0.25, -0.2) is 0 Å². The monoisotopic (exact) mass is 282 g/mol. The molecule has 1 heterocycles. The fraction of sp³-hybridized carbons (Fsp3) is 0.867. The zero-order valence-electron chi connectivity index (χ0n) is 12.6. The van der Waals surface area contributed by atoms with Crippen LogP contribution in [0.2, 0.25) is 0 Å². The average Bonchev–Trinajstić information content (AvgIpc) is 2.91. The maximum atomic E-state index is 12.4. The molecule has 5 nitrogen and oxygen atoms in total. The van der Waals surface area contributed by atoms with Crippen LogP contribution in [0.3, 0.4) is 0 Å². The number of hydrogen-bond donors (Lipinski definition) is 1. The maximum Gasteiger partial charge on any atom is 0.246 e. The molecular formula is C15H26N2O3. The molecule has 2 aliphatic rings. The molecule has 0 aromatic heterocycles. The first kappa shape index (κ1) is 15.3. The average molecular weight is 282 g/mol. The molecule has 0 radical (unpaired) electrons. The van der Waals surface area contributed by atoms with Gasteiger partial charge in [-0.1, -0.05) is 26.2 Å². The van der Waals surface area contributed by atoms with Crippen molar-refractivity contribution in [2.24, 2.45) is 0 Å². The second kappa shape index (κ2) is 6.57. The largest absolute Gasteiger partial charge is 0.380 e. The van der Waals surface area contributed by atoms with Gasteiger partial charge in [0.05, 0.1) is 6.61 Å². The molecule has 0 aromatic rings.